The van der Waals surface area contributed by atoms with E-state index in [0.717, 1.165) is 24.1 Å². The first-order chi connectivity index (χ1) is 14.9. The quantitative estimate of drug-likeness (QED) is 0.441. The Morgan fingerprint density at radius 2 is 1.68 bits per heavy atom. The molecule has 31 heavy (non-hydrogen) atoms. The number of fused-ring (bicyclic) bond motifs is 1. The zero-order chi connectivity index (χ0) is 22.0. The van der Waals surface area contributed by atoms with Crippen molar-refractivity contribution in [3.8, 4) is 0 Å². The number of para-hydroxylation sites is 1. The molecule has 2 N–H and O–H groups in total. The summed E-state index contributed by atoms with van der Waals surface area (Å²) in [4.78, 5) is 0.228. The molecule has 9 heteroatoms. The molecule has 0 aromatic heterocycles. The first kappa shape index (κ1) is 21.9. The third-order valence-corrected chi connectivity index (χ3v) is 7.82. The molecule has 1 aliphatic rings. The van der Waals surface area contributed by atoms with Gasteiger partial charge in [0.2, 0.25) is 0 Å². The topological polar surface area (TPSA) is 61.4 Å². The molecule has 0 bridgehead atoms. The molecule has 0 spiro atoms. The molecule has 4 rings (SSSR count). The summed E-state index contributed by atoms with van der Waals surface area (Å²) >= 11 is 17.5. The van der Waals surface area contributed by atoms with Crippen molar-refractivity contribution in [3.05, 3.63) is 82.3 Å². The summed E-state index contributed by atoms with van der Waals surface area (Å²) < 4.78 is 28.0. The van der Waals surface area contributed by atoms with Gasteiger partial charge in [-0.25, -0.2) is 8.42 Å². The fourth-order valence-electron chi connectivity index (χ4n) is 3.47. The molecule has 0 atom stereocenters. The van der Waals surface area contributed by atoms with Gasteiger partial charge in [0.25, 0.3) is 10.0 Å². The van der Waals surface area contributed by atoms with Crippen LogP contribution in [0.1, 0.15) is 12.0 Å². The minimum atomic E-state index is -3.65. The number of benzene rings is 3. The number of hydrogen-bond acceptors (Lipinski definition) is 3. The van der Waals surface area contributed by atoms with Crippen molar-refractivity contribution in [1.29, 1.82) is 0 Å². The summed E-state index contributed by atoms with van der Waals surface area (Å²) in [6, 6.07) is 19.3. The van der Waals surface area contributed by atoms with E-state index in [1.165, 1.54) is 4.31 Å². The van der Waals surface area contributed by atoms with E-state index >= 15 is 0 Å². The lowest BCUT2D eigenvalue weighted by Gasteiger charge is -2.30. The first-order valence-corrected chi connectivity index (χ1v) is 12.2. The van der Waals surface area contributed by atoms with Crippen LogP contribution in [0.2, 0.25) is 10.0 Å². The van der Waals surface area contributed by atoms with Crippen molar-refractivity contribution in [2.75, 3.05) is 21.5 Å². The van der Waals surface area contributed by atoms with Crippen LogP contribution >= 0.6 is 35.4 Å². The Labute approximate surface area is 197 Å². The van der Waals surface area contributed by atoms with Crippen LogP contribution in [0.5, 0.6) is 0 Å². The SMILES string of the molecule is O=S(=O)(c1ccc(NC(=S)Nc2cccc(Cl)c2Cl)cc1)N1CCCc2ccccc21. The normalized spacial score (nSPS) is 13.4. The molecule has 1 aliphatic heterocycles. The van der Waals surface area contributed by atoms with Gasteiger partial charge in [0.05, 0.1) is 26.3 Å². The van der Waals surface area contributed by atoms with E-state index in [9.17, 15) is 8.42 Å². The largest absolute Gasteiger partial charge is 0.332 e. The first-order valence-electron chi connectivity index (χ1n) is 9.59. The molecule has 3 aromatic carbocycles. The van der Waals surface area contributed by atoms with Gasteiger partial charge in [0.1, 0.15) is 0 Å². The fourth-order valence-corrected chi connectivity index (χ4v) is 5.59. The Kier molecular flexibility index (Phi) is 6.39. The average molecular weight is 492 g/mol. The molecule has 3 aromatic rings. The van der Waals surface area contributed by atoms with E-state index in [1.54, 1.807) is 42.5 Å². The van der Waals surface area contributed by atoms with E-state index in [1.807, 2.05) is 24.3 Å². The Morgan fingerprint density at radius 1 is 0.935 bits per heavy atom. The number of nitrogens with zero attached hydrogens (tertiary/aromatic N) is 1. The van der Waals surface area contributed by atoms with Crippen molar-refractivity contribution in [3.63, 3.8) is 0 Å². The highest BCUT2D eigenvalue weighted by atomic mass is 35.5. The Morgan fingerprint density at radius 3 is 2.45 bits per heavy atom. The van der Waals surface area contributed by atoms with Gasteiger partial charge in [-0.3, -0.25) is 4.31 Å². The average Bonchev–Trinajstić information content (AvgIpc) is 2.77. The second kappa shape index (κ2) is 9.04. The highest BCUT2D eigenvalue weighted by molar-refractivity contribution is 7.92. The van der Waals surface area contributed by atoms with Crippen LogP contribution in [0, 0.1) is 0 Å². The number of thiocarbonyl (C=S) groups is 1. The molecule has 5 nitrogen and oxygen atoms in total. The lowest BCUT2D eigenvalue weighted by atomic mass is 10.0. The summed E-state index contributed by atoms with van der Waals surface area (Å²) in [6.45, 7) is 0.466. The highest BCUT2D eigenvalue weighted by Gasteiger charge is 2.28. The van der Waals surface area contributed by atoms with Gasteiger partial charge in [-0.15, -0.1) is 0 Å². The standard InChI is InChI=1S/C22H19Cl2N3O2S2/c23-18-7-3-8-19(21(18)24)26-22(30)25-16-10-12-17(13-11-16)31(28,29)27-14-4-6-15-5-1-2-9-20(15)27/h1-3,5,7-13H,4,6,14H2,(H2,25,26,30). The molecule has 0 aliphatic carbocycles. The molecule has 160 valence electrons. The monoisotopic (exact) mass is 491 g/mol. The van der Waals surface area contributed by atoms with Gasteiger partial charge in [-0.05, 0) is 73.1 Å². The summed E-state index contributed by atoms with van der Waals surface area (Å²) in [7, 11) is -3.65. The summed E-state index contributed by atoms with van der Waals surface area (Å²) in [5.41, 5.74) is 3.02. The minimum absolute atomic E-state index is 0.228. The maximum atomic E-state index is 13.2. The lowest BCUT2D eigenvalue weighted by Crippen LogP contribution is -2.35. The van der Waals surface area contributed by atoms with Gasteiger partial charge >= 0.3 is 0 Å². The van der Waals surface area contributed by atoms with E-state index < -0.39 is 10.0 Å². The number of sulfonamides is 1. The van der Waals surface area contributed by atoms with Gasteiger partial charge < -0.3 is 10.6 Å². The number of aryl methyl sites for hydroxylation is 1. The number of halogens is 2. The molecular formula is C22H19Cl2N3O2S2. The maximum Gasteiger partial charge on any atom is 0.264 e. The fraction of sp³-hybridized carbons (Fsp3) is 0.136. The van der Waals surface area contributed by atoms with Gasteiger partial charge in [-0.2, -0.15) is 0 Å². The van der Waals surface area contributed by atoms with Crippen LogP contribution in [-0.4, -0.2) is 20.1 Å². The lowest BCUT2D eigenvalue weighted by molar-refractivity contribution is 0.586. The maximum absolute atomic E-state index is 13.2. The van der Waals surface area contributed by atoms with E-state index in [-0.39, 0.29) is 4.90 Å². The van der Waals surface area contributed by atoms with Crippen molar-refractivity contribution in [2.24, 2.45) is 0 Å². The second-order valence-electron chi connectivity index (χ2n) is 7.01. The summed E-state index contributed by atoms with van der Waals surface area (Å²) in [5, 5.41) is 7.11. The molecule has 1 heterocycles. The van der Waals surface area contributed by atoms with Crippen LogP contribution in [-0.2, 0) is 16.4 Å². The van der Waals surface area contributed by atoms with Gasteiger partial charge in [0.15, 0.2) is 5.11 Å². The van der Waals surface area contributed by atoms with Crippen LogP contribution in [0.3, 0.4) is 0 Å². The number of rotatable bonds is 4. The van der Waals surface area contributed by atoms with Crippen LogP contribution in [0.4, 0.5) is 17.1 Å². The van der Waals surface area contributed by atoms with Crippen LogP contribution in [0.25, 0.3) is 0 Å². The molecule has 0 saturated carbocycles. The Bertz CT molecular complexity index is 1230. The zero-order valence-corrected chi connectivity index (χ0v) is 19.5. The van der Waals surface area contributed by atoms with Crippen molar-refractivity contribution < 1.29 is 8.42 Å². The highest BCUT2D eigenvalue weighted by Crippen LogP contribution is 2.32. The van der Waals surface area contributed by atoms with Crippen LogP contribution in [0.15, 0.2) is 71.6 Å². The Balaban J connectivity index is 1.49. The predicted octanol–water partition coefficient (Wildman–Crippen LogP) is 5.94. The predicted molar refractivity (Wildman–Crippen MR) is 132 cm³/mol. The second-order valence-corrected chi connectivity index (χ2v) is 10.1. The summed E-state index contributed by atoms with van der Waals surface area (Å²) in [5.74, 6) is 0. The molecule has 0 amide bonds. The number of hydrogen-bond donors (Lipinski definition) is 2. The molecular weight excluding hydrogens is 473 g/mol. The minimum Gasteiger partial charge on any atom is -0.332 e. The number of nitrogens with one attached hydrogen (secondary N) is 2. The van der Waals surface area contributed by atoms with Crippen molar-refractivity contribution in [2.45, 2.75) is 17.7 Å². The van der Waals surface area contributed by atoms with Gasteiger partial charge in [-0.1, -0.05) is 47.5 Å². The summed E-state index contributed by atoms with van der Waals surface area (Å²) in [6.07, 6.45) is 1.67. The number of anilines is 3. The molecule has 0 radical (unpaired) electrons. The zero-order valence-electron chi connectivity index (χ0n) is 16.3. The van der Waals surface area contributed by atoms with Crippen molar-refractivity contribution >= 4 is 67.6 Å². The Hall–Kier alpha value is -2.32. The smallest absolute Gasteiger partial charge is 0.264 e. The molecule has 0 unspecified atom stereocenters. The van der Waals surface area contributed by atoms with E-state index in [0.29, 0.717) is 33.1 Å². The molecule has 0 fully saturated rings. The van der Waals surface area contributed by atoms with Crippen LogP contribution < -0.4 is 14.9 Å². The van der Waals surface area contributed by atoms with Gasteiger partial charge in [0, 0.05) is 12.2 Å². The van der Waals surface area contributed by atoms with E-state index in [2.05, 4.69) is 10.6 Å². The van der Waals surface area contributed by atoms with E-state index in [4.69, 9.17) is 35.4 Å². The van der Waals surface area contributed by atoms with Crippen molar-refractivity contribution in [1.82, 2.24) is 0 Å². The third kappa shape index (κ3) is 4.65. The molecule has 0 saturated heterocycles. The third-order valence-electron chi connectivity index (χ3n) is 4.97.